The number of ether oxygens (including phenoxy) is 1. The predicted molar refractivity (Wildman–Crippen MR) is 78.0 cm³/mol. The second kappa shape index (κ2) is 5.05. The van der Waals surface area contributed by atoms with Crippen molar-refractivity contribution in [3.8, 4) is 11.6 Å². The summed E-state index contributed by atoms with van der Waals surface area (Å²) < 4.78 is 20.5. The minimum absolute atomic E-state index is 0.224. The molecule has 0 radical (unpaired) electrons. The fourth-order valence-corrected chi connectivity index (χ4v) is 1.99. The average molecular weight is 286 g/mol. The smallest absolute Gasteiger partial charge is 0.245 e. The van der Waals surface area contributed by atoms with E-state index in [0.29, 0.717) is 17.5 Å². The van der Waals surface area contributed by atoms with Crippen molar-refractivity contribution in [2.45, 2.75) is 19.8 Å². The number of nitrogens with two attached hydrogens (primary N) is 1. The average Bonchev–Trinajstić information content (AvgIpc) is 2.87. The van der Waals surface area contributed by atoms with Gasteiger partial charge in [-0.05, 0) is 24.1 Å². The van der Waals surface area contributed by atoms with E-state index in [1.807, 2.05) is 6.07 Å². The molecule has 5 nitrogen and oxygen atoms in total. The molecule has 0 atom stereocenters. The van der Waals surface area contributed by atoms with Gasteiger partial charge in [-0.1, -0.05) is 13.8 Å². The van der Waals surface area contributed by atoms with Gasteiger partial charge < -0.3 is 10.5 Å². The van der Waals surface area contributed by atoms with Crippen molar-refractivity contribution in [3.05, 3.63) is 48.2 Å². The van der Waals surface area contributed by atoms with Crippen LogP contribution in [-0.4, -0.2) is 14.6 Å². The summed E-state index contributed by atoms with van der Waals surface area (Å²) in [6, 6.07) is 5.91. The van der Waals surface area contributed by atoms with E-state index in [1.165, 1.54) is 18.2 Å². The SMILES string of the molecule is CC(C)c1cc2c(Oc3ccc(F)cc3N)nccn2n1. The van der Waals surface area contributed by atoms with Gasteiger partial charge >= 0.3 is 0 Å². The molecule has 0 fully saturated rings. The van der Waals surface area contributed by atoms with Gasteiger partial charge in [-0.3, -0.25) is 0 Å². The first-order chi connectivity index (χ1) is 10.0. The molecule has 0 bridgehead atoms. The third kappa shape index (κ3) is 2.52. The zero-order valence-electron chi connectivity index (χ0n) is 11.7. The number of fused-ring (bicyclic) bond motifs is 1. The number of benzene rings is 1. The molecule has 1 aromatic carbocycles. The van der Waals surface area contributed by atoms with E-state index in [-0.39, 0.29) is 5.69 Å². The van der Waals surface area contributed by atoms with Gasteiger partial charge in [0.15, 0.2) is 5.75 Å². The summed E-state index contributed by atoms with van der Waals surface area (Å²) in [5, 5.41) is 4.46. The molecule has 6 heteroatoms. The summed E-state index contributed by atoms with van der Waals surface area (Å²) in [6.07, 6.45) is 3.35. The molecular formula is C15H15FN4O. The first-order valence-electron chi connectivity index (χ1n) is 6.62. The van der Waals surface area contributed by atoms with Crippen molar-refractivity contribution in [3.63, 3.8) is 0 Å². The molecule has 0 saturated carbocycles. The first kappa shape index (κ1) is 13.4. The highest BCUT2D eigenvalue weighted by atomic mass is 19.1. The fourth-order valence-electron chi connectivity index (χ4n) is 1.99. The quantitative estimate of drug-likeness (QED) is 0.750. The van der Waals surface area contributed by atoms with Crippen molar-refractivity contribution in [2.75, 3.05) is 5.73 Å². The first-order valence-corrected chi connectivity index (χ1v) is 6.62. The molecule has 0 saturated heterocycles. The van der Waals surface area contributed by atoms with E-state index in [0.717, 1.165) is 11.2 Å². The maximum absolute atomic E-state index is 13.1. The maximum Gasteiger partial charge on any atom is 0.245 e. The van der Waals surface area contributed by atoms with Gasteiger partial charge in [0.05, 0.1) is 11.4 Å². The number of nitrogens with zero attached hydrogens (tertiary/aromatic N) is 3. The van der Waals surface area contributed by atoms with Gasteiger partial charge in [-0.15, -0.1) is 0 Å². The van der Waals surface area contributed by atoms with E-state index in [9.17, 15) is 4.39 Å². The zero-order valence-corrected chi connectivity index (χ0v) is 11.7. The van der Waals surface area contributed by atoms with Crippen LogP contribution in [0.3, 0.4) is 0 Å². The van der Waals surface area contributed by atoms with Crippen molar-refractivity contribution in [1.82, 2.24) is 14.6 Å². The van der Waals surface area contributed by atoms with Gasteiger partial charge in [0.1, 0.15) is 11.3 Å². The van der Waals surface area contributed by atoms with Crippen molar-refractivity contribution < 1.29 is 9.13 Å². The van der Waals surface area contributed by atoms with Crippen LogP contribution in [0.2, 0.25) is 0 Å². The Morgan fingerprint density at radius 3 is 2.81 bits per heavy atom. The number of rotatable bonds is 3. The number of nitrogen functional groups attached to an aromatic ring is 1. The topological polar surface area (TPSA) is 65.4 Å². The second-order valence-electron chi connectivity index (χ2n) is 5.07. The number of anilines is 1. The molecule has 0 spiro atoms. The Hall–Kier alpha value is -2.63. The molecule has 0 unspecified atom stereocenters. The van der Waals surface area contributed by atoms with E-state index < -0.39 is 5.82 Å². The zero-order chi connectivity index (χ0) is 15.0. The highest BCUT2D eigenvalue weighted by Gasteiger charge is 2.12. The summed E-state index contributed by atoms with van der Waals surface area (Å²) in [5.41, 5.74) is 7.66. The Balaban J connectivity index is 2.04. The van der Waals surface area contributed by atoms with Gasteiger partial charge in [-0.25, -0.2) is 13.9 Å². The lowest BCUT2D eigenvalue weighted by Crippen LogP contribution is -1.97. The molecule has 2 N–H and O–H groups in total. The lowest BCUT2D eigenvalue weighted by molar-refractivity contribution is 0.466. The molecule has 3 aromatic rings. The van der Waals surface area contributed by atoms with Crippen molar-refractivity contribution in [1.29, 1.82) is 0 Å². The van der Waals surface area contributed by atoms with E-state index in [2.05, 4.69) is 23.9 Å². The summed E-state index contributed by atoms with van der Waals surface area (Å²) in [7, 11) is 0. The van der Waals surface area contributed by atoms with Crippen LogP contribution in [0.5, 0.6) is 11.6 Å². The molecule has 0 aliphatic rings. The second-order valence-corrected chi connectivity index (χ2v) is 5.07. The Labute approximate surface area is 121 Å². The molecule has 0 amide bonds. The normalized spacial score (nSPS) is 11.2. The Kier molecular flexibility index (Phi) is 3.21. The molecule has 2 aromatic heterocycles. The molecule has 3 rings (SSSR count). The van der Waals surface area contributed by atoms with Gasteiger partial charge in [0.25, 0.3) is 0 Å². The third-order valence-electron chi connectivity index (χ3n) is 3.14. The standard InChI is InChI=1S/C15H15FN4O/c1-9(2)12-8-13-15(18-5-6-20(13)19-12)21-14-4-3-10(16)7-11(14)17/h3-9H,17H2,1-2H3. The number of halogens is 1. The summed E-state index contributed by atoms with van der Waals surface area (Å²) in [6.45, 7) is 4.13. The van der Waals surface area contributed by atoms with Crippen LogP contribution in [-0.2, 0) is 0 Å². The number of aromatic nitrogens is 3. The van der Waals surface area contributed by atoms with E-state index in [4.69, 9.17) is 10.5 Å². The maximum atomic E-state index is 13.1. The van der Waals surface area contributed by atoms with E-state index in [1.54, 1.807) is 16.9 Å². The van der Waals surface area contributed by atoms with Crippen LogP contribution < -0.4 is 10.5 Å². The highest BCUT2D eigenvalue weighted by molar-refractivity contribution is 5.60. The molecule has 0 aliphatic carbocycles. The Morgan fingerprint density at radius 1 is 1.29 bits per heavy atom. The molecule has 108 valence electrons. The Morgan fingerprint density at radius 2 is 2.10 bits per heavy atom. The molecule has 2 heterocycles. The monoisotopic (exact) mass is 286 g/mol. The minimum Gasteiger partial charge on any atom is -0.435 e. The van der Waals surface area contributed by atoms with Crippen LogP contribution >= 0.6 is 0 Å². The minimum atomic E-state index is -0.405. The van der Waals surface area contributed by atoms with E-state index >= 15 is 0 Å². The lowest BCUT2D eigenvalue weighted by Gasteiger charge is -2.08. The number of hydrogen-bond donors (Lipinski definition) is 1. The highest BCUT2D eigenvalue weighted by Crippen LogP contribution is 2.30. The van der Waals surface area contributed by atoms with Gasteiger partial charge in [0, 0.05) is 18.5 Å². The van der Waals surface area contributed by atoms with Crippen LogP contribution in [0.4, 0.5) is 10.1 Å². The molecular weight excluding hydrogens is 271 g/mol. The van der Waals surface area contributed by atoms with Crippen LogP contribution in [0.15, 0.2) is 36.7 Å². The number of hydrogen-bond acceptors (Lipinski definition) is 4. The predicted octanol–water partition coefficient (Wildman–Crippen LogP) is 3.37. The summed E-state index contributed by atoms with van der Waals surface area (Å²) >= 11 is 0. The van der Waals surface area contributed by atoms with Crippen LogP contribution in [0.25, 0.3) is 5.52 Å². The largest absolute Gasteiger partial charge is 0.435 e. The fraction of sp³-hybridized carbons (Fsp3) is 0.200. The van der Waals surface area contributed by atoms with Crippen molar-refractivity contribution >= 4 is 11.2 Å². The third-order valence-corrected chi connectivity index (χ3v) is 3.14. The Bertz CT molecular complexity index is 797. The summed E-state index contributed by atoms with van der Waals surface area (Å²) in [5.74, 6) is 0.644. The lowest BCUT2D eigenvalue weighted by atomic mass is 10.1. The van der Waals surface area contributed by atoms with Gasteiger partial charge in [0.2, 0.25) is 5.88 Å². The van der Waals surface area contributed by atoms with Crippen LogP contribution in [0, 0.1) is 5.82 Å². The van der Waals surface area contributed by atoms with Crippen LogP contribution in [0.1, 0.15) is 25.5 Å². The molecule has 21 heavy (non-hydrogen) atoms. The molecule has 0 aliphatic heterocycles. The van der Waals surface area contributed by atoms with Crippen molar-refractivity contribution in [2.24, 2.45) is 0 Å². The van der Waals surface area contributed by atoms with Gasteiger partial charge in [-0.2, -0.15) is 5.10 Å². The summed E-state index contributed by atoms with van der Waals surface area (Å²) in [4.78, 5) is 4.21.